The molecule has 26 heavy (non-hydrogen) atoms. The van der Waals surface area contributed by atoms with Crippen molar-refractivity contribution in [1.29, 1.82) is 0 Å². The molecular formula is C20H24N2O3S. The number of nitrogens with zero attached hydrogens (tertiary/aromatic N) is 1. The number of hydrogen-bond acceptors (Lipinski definition) is 5. The van der Waals surface area contributed by atoms with Gasteiger partial charge in [0.25, 0.3) is 0 Å². The largest absolute Gasteiger partial charge is 0.485 e. The summed E-state index contributed by atoms with van der Waals surface area (Å²) in [6.45, 7) is 4.32. The van der Waals surface area contributed by atoms with E-state index in [2.05, 4.69) is 23.3 Å². The lowest BCUT2D eigenvalue weighted by Gasteiger charge is -2.36. The van der Waals surface area contributed by atoms with Crippen molar-refractivity contribution in [3.63, 3.8) is 0 Å². The number of sulfone groups is 1. The molecule has 2 aliphatic rings. The molecule has 1 fully saturated rings. The van der Waals surface area contributed by atoms with E-state index in [-0.39, 0.29) is 5.60 Å². The van der Waals surface area contributed by atoms with Crippen molar-refractivity contribution in [3.05, 3.63) is 42.1 Å². The molecule has 5 nitrogen and oxygen atoms in total. The molecule has 138 valence electrons. The minimum atomic E-state index is -3.18. The van der Waals surface area contributed by atoms with E-state index in [4.69, 9.17) is 4.74 Å². The maximum Gasteiger partial charge on any atom is 0.175 e. The minimum Gasteiger partial charge on any atom is -0.485 e. The monoisotopic (exact) mass is 372 g/mol. The zero-order chi connectivity index (χ0) is 18.4. The normalized spacial score (nSPS) is 23.5. The summed E-state index contributed by atoms with van der Waals surface area (Å²) in [7, 11) is -3.18. The number of nitrogens with one attached hydrogen (secondary N) is 1. The maximum absolute atomic E-state index is 11.6. The van der Waals surface area contributed by atoms with Crippen molar-refractivity contribution in [2.24, 2.45) is 5.92 Å². The Morgan fingerprint density at radius 3 is 2.54 bits per heavy atom. The van der Waals surface area contributed by atoms with Gasteiger partial charge in [-0.15, -0.1) is 0 Å². The molecule has 0 bridgehead atoms. The third-order valence-electron chi connectivity index (χ3n) is 5.61. The third kappa shape index (κ3) is 3.23. The van der Waals surface area contributed by atoms with Crippen molar-refractivity contribution in [2.45, 2.75) is 36.7 Å². The van der Waals surface area contributed by atoms with Gasteiger partial charge in [0.1, 0.15) is 11.4 Å². The summed E-state index contributed by atoms with van der Waals surface area (Å²) in [5.74, 6) is 1.43. The van der Waals surface area contributed by atoms with Crippen molar-refractivity contribution in [2.75, 3.05) is 19.3 Å². The molecule has 0 radical (unpaired) electrons. The molecule has 0 aliphatic carbocycles. The number of aromatic nitrogens is 1. The van der Waals surface area contributed by atoms with Gasteiger partial charge in [-0.2, -0.15) is 0 Å². The van der Waals surface area contributed by atoms with E-state index in [1.165, 1.54) is 11.8 Å². The van der Waals surface area contributed by atoms with Crippen LogP contribution in [0, 0.1) is 5.92 Å². The van der Waals surface area contributed by atoms with Crippen molar-refractivity contribution in [1.82, 2.24) is 10.3 Å². The van der Waals surface area contributed by atoms with Crippen molar-refractivity contribution >= 4 is 9.84 Å². The Kier molecular flexibility index (Phi) is 4.28. The van der Waals surface area contributed by atoms with Crippen molar-refractivity contribution in [3.8, 4) is 17.0 Å². The fourth-order valence-electron chi connectivity index (χ4n) is 4.07. The number of benzene rings is 1. The Morgan fingerprint density at radius 1 is 1.19 bits per heavy atom. The van der Waals surface area contributed by atoms with E-state index in [1.807, 2.05) is 18.3 Å². The first-order valence-corrected chi connectivity index (χ1v) is 10.9. The molecule has 1 atom stereocenters. The smallest absolute Gasteiger partial charge is 0.175 e. The highest BCUT2D eigenvalue weighted by molar-refractivity contribution is 7.90. The summed E-state index contributed by atoms with van der Waals surface area (Å²) in [5, 5.41) is 3.41. The number of piperidine rings is 1. The molecule has 0 saturated carbocycles. The van der Waals surface area contributed by atoms with Gasteiger partial charge in [-0.05, 0) is 51.1 Å². The molecule has 0 amide bonds. The lowest BCUT2D eigenvalue weighted by Crippen LogP contribution is -2.44. The van der Waals surface area contributed by atoms with Gasteiger partial charge < -0.3 is 10.1 Å². The van der Waals surface area contributed by atoms with Gasteiger partial charge in [0, 0.05) is 29.7 Å². The fraction of sp³-hybridized carbons (Fsp3) is 0.450. The summed E-state index contributed by atoms with van der Waals surface area (Å²) in [4.78, 5) is 4.86. The molecule has 6 heteroatoms. The van der Waals surface area contributed by atoms with Crippen LogP contribution in [0.25, 0.3) is 11.3 Å². The van der Waals surface area contributed by atoms with Gasteiger partial charge in [-0.25, -0.2) is 8.42 Å². The average Bonchev–Trinajstić information content (AvgIpc) is 2.98. The van der Waals surface area contributed by atoms with Crippen LogP contribution in [0.5, 0.6) is 5.75 Å². The number of rotatable bonds is 3. The van der Waals surface area contributed by atoms with Crippen LogP contribution in [-0.2, 0) is 16.3 Å². The topological polar surface area (TPSA) is 68.3 Å². The van der Waals surface area contributed by atoms with Gasteiger partial charge in [-0.3, -0.25) is 4.98 Å². The number of fused-ring (bicyclic) bond motifs is 1. The lowest BCUT2D eigenvalue weighted by atomic mass is 9.79. The number of ether oxygens (including phenoxy) is 1. The first-order chi connectivity index (χ1) is 12.4. The second kappa shape index (κ2) is 6.35. The average molecular weight is 372 g/mol. The van der Waals surface area contributed by atoms with E-state index in [0.717, 1.165) is 49.4 Å². The van der Waals surface area contributed by atoms with Gasteiger partial charge in [-0.1, -0.05) is 12.1 Å². The third-order valence-corrected chi connectivity index (χ3v) is 6.74. The number of pyridine rings is 1. The summed E-state index contributed by atoms with van der Waals surface area (Å²) in [6, 6.07) is 8.97. The molecule has 1 unspecified atom stereocenters. The van der Waals surface area contributed by atoms with Crippen LogP contribution in [0.1, 0.15) is 25.3 Å². The van der Waals surface area contributed by atoms with E-state index in [9.17, 15) is 8.42 Å². The first kappa shape index (κ1) is 17.5. The molecule has 2 aliphatic heterocycles. The standard InChI is InChI=1S/C20H24N2O3S/c1-20(16-7-9-21-10-8-16)12-15-11-18(22-13-19(15)25-20)14-3-5-17(6-4-14)26(2,23)24/h3-6,11,13,16,21H,7-10,12H2,1-2H3. The van der Waals surface area contributed by atoms with Crippen LogP contribution in [-0.4, -0.2) is 38.3 Å². The summed E-state index contributed by atoms with van der Waals surface area (Å²) in [6.07, 6.45) is 6.19. The Balaban J connectivity index is 1.59. The minimum absolute atomic E-state index is 0.162. The molecule has 3 heterocycles. The molecule has 2 aromatic rings. The highest BCUT2D eigenvalue weighted by Gasteiger charge is 2.42. The molecular weight excluding hydrogens is 348 g/mol. The molecule has 1 aromatic carbocycles. The van der Waals surface area contributed by atoms with Crippen LogP contribution in [0.2, 0.25) is 0 Å². The van der Waals surface area contributed by atoms with Gasteiger partial charge >= 0.3 is 0 Å². The SMILES string of the molecule is CC1(C2CCNCC2)Cc2cc(-c3ccc(S(C)(=O)=O)cc3)ncc2O1. The Hall–Kier alpha value is -1.92. The Bertz CT molecular complexity index is 919. The molecule has 4 rings (SSSR count). The van der Waals surface area contributed by atoms with Gasteiger partial charge in [0.2, 0.25) is 0 Å². The highest BCUT2D eigenvalue weighted by Crippen LogP contribution is 2.42. The fourth-order valence-corrected chi connectivity index (χ4v) is 4.70. The van der Waals surface area contributed by atoms with E-state index in [1.54, 1.807) is 12.1 Å². The molecule has 1 saturated heterocycles. The zero-order valence-corrected chi connectivity index (χ0v) is 16.0. The summed E-state index contributed by atoms with van der Waals surface area (Å²) >= 11 is 0. The van der Waals surface area contributed by atoms with Crippen LogP contribution in [0.4, 0.5) is 0 Å². The van der Waals surface area contributed by atoms with Crippen LogP contribution < -0.4 is 10.1 Å². The quantitative estimate of drug-likeness (QED) is 0.897. The molecule has 1 N–H and O–H groups in total. The van der Waals surface area contributed by atoms with Crippen LogP contribution in [0.3, 0.4) is 0 Å². The van der Waals surface area contributed by atoms with Crippen LogP contribution >= 0.6 is 0 Å². The van der Waals surface area contributed by atoms with E-state index >= 15 is 0 Å². The van der Waals surface area contributed by atoms with Crippen molar-refractivity contribution < 1.29 is 13.2 Å². The van der Waals surface area contributed by atoms with E-state index in [0.29, 0.717) is 10.8 Å². The molecule has 0 spiro atoms. The van der Waals surface area contributed by atoms with Gasteiger partial charge in [0.15, 0.2) is 9.84 Å². The Morgan fingerprint density at radius 2 is 1.88 bits per heavy atom. The highest BCUT2D eigenvalue weighted by atomic mass is 32.2. The van der Waals surface area contributed by atoms with E-state index < -0.39 is 9.84 Å². The Labute approximate surface area is 154 Å². The second-order valence-electron chi connectivity index (χ2n) is 7.59. The summed E-state index contributed by atoms with van der Waals surface area (Å²) in [5.41, 5.74) is 2.78. The van der Waals surface area contributed by atoms with Gasteiger partial charge in [0.05, 0.1) is 16.8 Å². The number of hydrogen-bond donors (Lipinski definition) is 1. The summed E-state index contributed by atoms with van der Waals surface area (Å²) < 4.78 is 29.6. The first-order valence-electron chi connectivity index (χ1n) is 9.04. The second-order valence-corrected chi connectivity index (χ2v) is 9.61. The zero-order valence-electron chi connectivity index (χ0n) is 15.2. The predicted molar refractivity (Wildman–Crippen MR) is 101 cm³/mol. The maximum atomic E-state index is 11.6. The molecule has 1 aromatic heterocycles. The van der Waals surface area contributed by atoms with Crippen LogP contribution in [0.15, 0.2) is 41.4 Å². The lowest BCUT2D eigenvalue weighted by molar-refractivity contribution is 0.0317. The predicted octanol–water partition coefficient (Wildman–Crippen LogP) is 2.85.